The molecular weight excluding hydrogens is 238 g/mol. The molecule has 1 heterocycles. The highest BCUT2D eigenvalue weighted by Gasteiger charge is 2.48. The molecule has 0 amide bonds. The van der Waals surface area contributed by atoms with Gasteiger partial charge in [0.25, 0.3) is 0 Å². The van der Waals surface area contributed by atoms with Crippen LogP contribution in [-0.2, 0) is 0 Å². The lowest BCUT2D eigenvalue weighted by Crippen LogP contribution is -2.62. The van der Waals surface area contributed by atoms with Crippen molar-refractivity contribution in [3.63, 3.8) is 0 Å². The van der Waals surface area contributed by atoms with Crippen LogP contribution in [0.2, 0.25) is 0 Å². The van der Waals surface area contributed by atoms with Gasteiger partial charge >= 0.3 is 0 Å². The summed E-state index contributed by atoms with van der Waals surface area (Å²) in [6.45, 7) is 7.06. The lowest BCUT2D eigenvalue weighted by atomic mass is 9.92. The molecule has 2 N–H and O–H groups in total. The SMILES string of the molecule is CC1CN(CC(CO)(NC2CC2)C2CC2)CCN1C. The van der Waals surface area contributed by atoms with Gasteiger partial charge in [-0.15, -0.1) is 0 Å². The third-order valence-corrected chi connectivity index (χ3v) is 5.26. The molecule has 4 heteroatoms. The van der Waals surface area contributed by atoms with Crippen molar-refractivity contribution >= 4 is 0 Å². The molecule has 0 bridgehead atoms. The molecule has 0 radical (unpaired) electrons. The summed E-state index contributed by atoms with van der Waals surface area (Å²) in [6, 6.07) is 1.31. The molecule has 0 spiro atoms. The van der Waals surface area contributed by atoms with Crippen LogP contribution in [0.3, 0.4) is 0 Å². The van der Waals surface area contributed by atoms with Crippen LogP contribution in [0.4, 0.5) is 0 Å². The van der Waals surface area contributed by atoms with Crippen molar-refractivity contribution in [2.45, 2.75) is 50.2 Å². The molecular formula is C15H29N3O. The van der Waals surface area contributed by atoms with E-state index in [4.69, 9.17) is 0 Å². The number of rotatable bonds is 6. The van der Waals surface area contributed by atoms with E-state index in [1.54, 1.807) is 0 Å². The van der Waals surface area contributed by atoms with E-state index >= 15 is 0 Å². The van der Waals surface area contributed by atoms with Crippen LogP contribution in [0.1, 0.15) is 32.6 Å². The summed E-state index contributed by atoms with van der Waals surface area (Å²) in [5.74, 6) is 0.702. The molecule has 0 aromatic heterocycles. The van der Waals surface area contributed by atoms with Crippen molar-refractivity contribution in [3.8, 4) is 0 Å². The Morgan fingerprint density at radius 2 is 1.95 bits per heavy atom. The first-order valence-corrected chi connectivity index (χ1v) is 7.94. The quantitative estimate of drug-likeness (QED) is 0.736. The van der Waals surface area contributed by atoms with Gasteiger partial charge < -0.3 is 15.3 Å². The van der Waals surface area contributed by atoms with E-state index in [9.17, 15) is 5.11 Å². The third kappa shape index (κ3) is 3.13. The Kier molecular flexibility index (Phi) is 3.87. The standard InChI is InChI=1S/C15H29N3O/c1-12-9-18(8-7-17(12)2)10-15(11-19,13-3-4-13)16-14-5-6-14/h12-14,16,19H,3-11H2,1-2H3. The second kappa shape index (κ2) is 5.32. The number of nitrogens with one attached hydrogen (secondary N) is 1. The smallest absolute Gasteiger partial charge is 0.0628 e. The normalized spacial score (nSPS) is 33.3. The topological polar surface area (TPSA) is 38.7 Å². The summed E-state index contributed by atoms with van der Waals surface area (Å²) in [6.07, 6.45) is 5.19. The average Bonchev–Trinajstić information content (AvgIpc) is 3.25. The largest absolute Gasteiger partial charge is 0.394 e. The van der Waals surface area contributed by atoms with Gasteiger partial charge in [-0.1, -0.05) is 0 Å². The van der Waals surface area contributed by atoms with Crippen LogP contribution in [0.25, 0.3) is 0 Å². The molecule has 1 aliphatic heterocycles. The Balaban J connectivity index is 1.63. The van der Waals surface area contributed by atoms with Crippen molar-refractivity contribution in [3.05, 3.63) is 0 Å². The monoisotopic (exact) mass is 267 g/mol. The van der Waals surface area contributed by atoms with Gasteiger partial charge in [-0.3, -0.25) is 4.90 Å². The minimum Gasteiger partial charge on any atom is -0.394 e. The highest BCUT2D eigenvalue weighted by Crippen LogP contribution is 2.42. The summed E-state index contributed by atoms with van der Waals surface area (Å²) in [7, 11) is 2.21. The van der Waals surface area contributed by atoms with E-state index in [-0.39, 0.29) is 5.54 Å². The number of hydrogen-bond donors (Lipinski definition) is 2. The maximum Gasteiger partial charge on any atom is 0.0628 e. The predicted molar refractivity (Wildman–Crippen MR) is 77.2 cm³/mol. The number of aliphatic hydroxyl groups is 1. The zero-order valence-electron chi connectivity index (χ0n) is 12.4. The van der Waals surface area contributed by atoms with E-state index in [0.717, 1.165) is 26.2 Å². The van der Waals surface area contributed by atoms with Gasteiger partial charge in [-0.25, -0.2) is 0 Å². The first kappa shape index (κ1) is 13.8. The van der Waals surface area contributed by atoms with E-state index in [1.165, 1.54) is 25.7 Å². The highest BCUT2D eigenvalue weighted by atomic mass is 16.3. The number of aliphatic hydroxyl groups excluding tert-OH is 1. The summed E-state index contributed by atoms with van der Waals surface area (Å²) in [4.78, 5) is 5.00. The minimum atomic E-state index is -0.0171. The lowest BCUT2D eigenvalue weighted by molar-refractivity contribution is 0.0458. The van der Waals surface area contributed by atoms with E-state index in [0.29, 0.717) is 24.6 Å². The van der Waals surface area contributed by atoms with Crippen molar-refractivity contribution in [1.29, 1.82) is 0 Å². The molecule has 4 nitrogen and oxygen atoms in total. The van der Waals surface area contributed by atoms with Gasteiger partial charge in [0, 0.05) is 38.3 Å². The van der Waals surface area contributed by atoms with Gasteiger partial charge in [0.15, 0.2) is 0 Å². The number of likely N-dealkylation sites (N-methyl/N-ethyl adjacent to an activating group) is 1. The number of nitrogens with zero attached hydrogens (tertiary/aromatic N) is 2. The fraction of sp³-hybridized carbons (Fsp3) is 1.00. The van der Waals surface area contributed by atoms with Gasteiger partial charge in [0.05, 0.1) is 12.1 Å². The molecule has 3 aliphatic rings. The molecule has 0 aromatic rings. The van der Waals surface area contributed by atoms with E-state index in [2.05, 4.69) is 29.1 Å². The van der Waals surface area contributed by atoms with Crippen molar-refractivity contribution in [2.75, 3.05) is 39.8 Å². The highest BCUT2D eigenvalue weighted by molar-refractivity contribution is 5.06. The van der Waals surface area contributed by atoms with E-state index in [1.807, 2.05) is 0 Å². The van der Waals surface area contributed by atoms with Gasteiger partial charge in [0.2, 0.25) is 0 Å². The van der Waals surface area contributed by atoms with Crippen molar-refractivity contribution in [1.82, 2.24) is 15.1 Å². The Hall–Kier alpha value is -0.160. The number of piperazine rings is 1. The Bertz CT molecular complexity index is 317. The predicted octanol–water partition coefficient (Wildman–Crippen LogP) is 0.515. The molecule has 2 unspecified atom stereocenters. The molecule has 110 valence electrons. The molecule has 3 fully saturated rings. The van der Waals surface area contributed by atoms with Crippen LogP contribution in [-0.4, -0.2) is 72.4 Å². The van der Waals surface area contributed by atoms with Gasteiger partial charge in [-0.2, -0.15) is 0 Å². The van der Waals surface area contributed by atoms with Gasteiger partial charge in [0.1, 0.15) is 0 Å². The molecule has 19 heavy (non-hydrogen) atoms. The summed E-state index contributed by atoms with van der Waals surface area (Å²) >= 11 is 0. The van der Waals surface area contributed by atoms with Crippen LogP contribution >= 0.6 is 0 Å². The molecule has 2 aliphatic carbocycles. The molecule has 2 atom stereocenters. The fourth-order valence-corrected chi connectivity index (χ4v) is 3.45. The Morgan fingerprint density at radius 1 is 1.21 bits per heavy atom. The fourth-order valence-electron chi connectivity index (χ4n) is 3.45. The Morgan fingerprint density at radius 3 is 2.47 bits per heavy atom. The second-order valence-electron chi connectivity index (χ2n) is 7.07. The van der Waals surface area contributed by atoms with Crippen LogP contribution in [0.5, 0.6) is 0 Å². The maximum atomic E-state index is 10.0. The summed E-state index contributed by atoms with van der Waals surface area (Å²) < 4.78 is 0. The zero-order valence-corrected chi connectivity index (χ0v) is 12.4. The average molecular weight is 267 g/mol. The van der Waals surface area contributed by atoms with E-state index < -0.39 is 0 Å². The molecule has 3 rings (SSSR count). The second-order valence-corrected chi connectivity index (χ2v) is 7.07. The lowest BCUT2D eigenvalue weighted by Gasteiger charge is -2.44. The third-order valence-electron chi connectivity index (χ3n) is 5.26. The van der Waals surface area contributed by atoms with Crippen LogP contribution in [0, 0.1) is 5.92 Å². The first-order chi connectivity index (χ1) is 9.13. The number of hydrogen-bond acceptors (Lipinski definition) is 4. The van der Waals surface area contributed by atoms with Crippen LogP contribution in [0.15, 0.2) is 0 Å². The molecule has 2 saturated carbocycles. The zero-order chi connectivity index (χ0) is 13.5. The summed E-state index contributed by atoms with van der Waals surface area (Å²) in [5, 5.41) is 13.8. The first-order valence-electron chi connectivity index (χ1n) is 7.94. The Labute approximate surface area is 117 Å². The molecule has 0 aromatic carbocycles. The van der Waals surface area contributed by atoms with Crippen molar-refractivity contribution in [2.24, 2.45) is 5.92 Å². The minimum absolute atomic E-state index is 0.0171. The van der Waals surface area contributed by atoms with Crippen molar-refractivity contribution < 1.29 is 5.11 Å². The van der Waals surface area contributed by atoms with Crippen LogP contribution < -0.4 is 5.32 Å². The maximum absolute atomic E-state index is 10.0. The summed E-state index contributed by atoms with van der Waals surface area (Å²) in [5.41, 5.74) is -0.0171. The van der Waals surface area contributed by atoms with Gasteiger partial charge in [-0.05, 0) is 45.6 Å². The molecule has 1 saturated heterocycles.